The van der Waals surface area contributed by atoms with Crippen LogP contribution in [0.1, 0.15) is 25.1 Å². The molecular formula is C18H18N4O. The molecule has 0 spiro atoms. The van der Waals surface area contributed by atoms with Gasteiger partial charge in [0.05, 0.1) is 12.4 Å². The van der Waals surface area contributed by atoms with Crippen molar-refractivity contribution in [3.63, 3.8) is 0 Å². The number of hydrogen-bond acceptors (Lipinski definition) is 3. The number of imidazole rings is 1. The molecule has 0 saturated carbocycles. The fourth-order valence-corrected chi connectivity index (χ4v) is 1.88. The van der Waals surface area contributed by atoms with Gasteiger partial charge in [-0.3, -0.25) is 4.79 Å². The number of primary amides is 1. The molecule has 0 atom stereocenters. The molecule has 1 amide bonds. The Kier molecular flexibility index (Phi) is 4.77. The first-order valence-corrected chi connectivity index (χ1v) is 7.06. The van der Waals surface area contributed by atoms with Crippen LogP contribution in [0.25, 0.3) is 5.65 Å². The SMILES string of the molecule is C=C/C(=C\C(C#Cc1cnc2cc(C)cnn12)=C(C)C)C(N)=O. The van der Waals surface area contributed by atoms with E-state index >= 15 is 0 Å². The smallest absolute Gasteiger partial charge is 0.248 e. The van der Waals surface area contributed by atoms with Crippen LogP contribution in [-0.2, 0) is 4.79 Å². The Hall–Kier alpha value is -3.13. The van der Waals surface area contributed by atoms with Crippen LogP contribution in [0, 0.1) is 18.8 Å². The lowest BCUT2D eigenvalue weighted by atomic mass is 10.1. The molecule has 116 valence electrons. The van der Waals surface area contributed by atoms with Crippen molar-refractivity contribution < 1.29 is 4.79 Å². The molecule has 23 heavy (non-hydrogen) atoms. The quantitative estimate of drug-likeness (QED) is 0.537. The Morgan fingerprint density at radius 2 is 2.13 bits per heavy atom. The van der Waals surface area contributed by atoms with E-state index in [1.54, 1.807) is 23.0 Å². The summed E-state index contributed by atoms with van der Waals surface area (Å²) in [5.74, 6) is 5.55. The highest BCUT2D eigenvalue weighted by atomic mass is 16.1. The van der Waals surface area contributed by atoms with Gasteiger partial charge >= 0.3 is 0 Å². The van der Waals surface area contributed by atoms with Crippen LogP contribution < -0.4 is 5.73 Å². The highest BCUT2D eigenvalue weighted by molar-refractivity contribution is 5.95. The van der Waals surface area contributed by atoms with Crippen LogP contribution in [-0.4, -0.2) is 20.5 Å². The van der Waals surface area contributed by atoms with Gasteiger partial charge in [-0.15, -0.1) is 0 Å². The van der Waals surface area contributed by atoms with Crippen molar-refractivity contribution in [3.8, 4) is 11.8 Å². The fraction of sp³-hybridized carbons (Fsp3) is 0.167. The van der Waals surface area contributed by atoms with Crippen LogP contribution in [0.2, 0.25) is 0 Å². The lowest BCUT2D eigenvalue weighted by Gasteiger charge is -1.99. The zero-order valence-corrected chi connectivity index (χ0v) is 13.4. The minimum atomic E-state index is -0.535. The summed E-state index contributed by atoms with van der Waals surface area (Å²) >= 11 is 0. The zero-order valence-electron chi connectivity index (χ0n) is 13.4. The zero-order chi connectivity index (χ0) is 17.0. The summed E-state index contributed by atoms with van der Waals surface area (Å²) in [6.45, 7) is 9.38. The lowest BCUT2D eigenvalue weighted by molar-refractivity contribution is -0.114. The number of aromatic nitrogens is 3. The Morgan fingerprint density at radius 3 is 2.74 bits per heavy atom. The number of carbonyl (C=O) groups excluding carboxylic acids is 1. The molecule has 2 rings (SSSR count). The second-order valence-corrected chi connectivity index (χ2v) is 5.28. The lowest BCUT2D eigenvalue weighted by Crippen LogP contribution is -2.12. The summed E-state index contributed by atoms with van der Waals surface area (Å²) in [6, 6.07) is 1.93. The monoisotopic (exact) mass is 306 g/mol. The molecule has 2 heterocycles. The minimum absolute atomic E-state index is 0.322. The predicted octanol–water partition coefficient (Wildman–Crippen LogP) is 2.32. The number of allylic oxidation sites excluding steroid dienone is 3. The molecule has 0 aliphatic carbocycles. The van der Waals surface area contributed by atoms with E-state index in [-0.39, 0.29) is 0 Å². The minimum Gasteiger partial charge on any atom is -0.366 e. The average molecular weight is 306 g/mol. The van der Waals surface area contributed by atoms with Crippen molar-refractivity contribution >= 4 is 11.6 Å². The van der Waals surface area contributed by atoms with E-state index in [1.807, 2.05) is 26.8 Å². The summed E-state index contributed by atoms with van der Waals surface area (Å²) in [5, 5.41) is 4.30. The summed E-state index contributed by atoms with van der Waals surface area (Å²) in [7, 11) is 0. The average Bonchev–Trinajstić information content (AvgIpc) is 2.88. The van der Waals surface area contributed by atoms with Crippen LogP contribution >= 0.6 is 0 Å². The van der Waals surface area contributed by atoms with E-state index in [4.69, 9.17) is 5.73 Å². The highest BCUT2D eigenvalue weighted by Crippen LogP contribution is 2.10. The van der Waals surface area contributed by atoms with E-state index in [2.05, 4.69) is 28.5 Å². The molecule has 0 saturated heterocycles. The number of rotatable bonds is 3. The highest BCUT2D eigenvalue weighted by Gasteiger charge is 2.03. The number of fused-ring (bicyclic) bond motifs is 1. The van der Waals surface area contributed by atoms with E-state index in [1.165, 1.54) is 6.08 Å². The maximum Gasteiger partial charge on any atom is 0.248 e. The number of carbonyl (C=O) groups is 1. The Labute approximate surface area is 135 Å². The number of aryl methyl sites for hydroxylation is 1. The van der Waals surface area contributed by atoms with Crippen LogP contribution in [0.3, 0.4) is 0 Å². The summed E-state index contributed by atoms with van der Waals surface area (Å²) in [4.78, 5) is 15.6. The molecule has 0 aliphatic rings. The van der Waals surface area contributed by atoms with Gasteiger partial charge in [-0.2, -0.15) is 5.10 Å². The molecule has 2 aromatic rings. The standard InChI is InChI=1S/C18H18N4O/c1-5-14(18(19)23)9-15(12(2)3)6-7-16-11-20-17-8-13(4)10-21-22(16)17/h5,8-11H,1H2,2-4H3,(H2,19,23)/b14-9+. The van der Waals surface area contributed by atoms with Gasteiger partial charge in [-0.25, -0.2) is 9.50 Å². The first-order valence-electron chi connectivity index (χ1n) is 7.06. The van der Waals surface area contributed by atoms with Crippen LogP contribution in [0.5, 0.6) is 0 Å². The van der Waals surface area contributed by atoms with Gasteiger partial charge in [0.25, 0.3) is 0 Å². The molecule has 0 unspecified atom stereocenters. The molecule has 2 N–H and O–H groups in total. The second kappa shape index (κ2) is 6.75. The molecule has 0 aromatic carbocycles. The molecular weight excluding hydrogens is 288 g/mol. The van der Waals surface area contributed by atoms with Gasteiger partial charge in [0.15, 0.2) is 5.65 Å². The predicted molar refractivity (Wildman–Crippen MR) is 90.5 cm³/mol. The molecule has 5 nitrogen and oxygen atoms in total. The van der Waals surface area contributed by atoms with Gasteiger partial charge in [0.1, 0.15) is 5.69 Å². The van der Waals surface area contributed by atoms with Crippen molar-refractivity contribution in [3.05, 3.63) is 65.2 Å². The summed E-state index contributed by atoms with van der Waals surface area (Å²) in [6.07, 6.45) is 6.48. The molecule has 2 aromatic heterocycles. The van der Waals surface area contributed by atoms with E-state index in [0.717, 1.165) is 16.8 Å². The van der Waals surface area contributed by atoms with Crippen molar-refractivity contribution in [1.82, 2.24) is 14.6 Å². The van der Waals surface area contributed by atoms with Crippen molar-refractivity contribution in [1.29, 1.82) is 0 Å². The number of nitrogens with two attached hydrogens (primary N) is 1. The first kappa shape index (κ1) is 16.2. The third kappa shape index (κ3) is 3.74. The third-order valence-corrected chi connectivity index (χ3v) is 3.17. The number of amides is 1. The molecule has 0 aliphatic heterocycles. The molecule has 0 bridgehead atoms. The van der Waals surface area contributed by atoms with Crippen LogP contribution in [0.4, 0.5) is 0 Å². The Bertz CT molecular complexity index is 900. The van der Waals surface area contributed by atoms with Gasteiger partial charge < -0.3 is 5.73 Å². The Balaban J connectivity index is 2.46. The largest absolute Gasteiger partial charge is 0.366 e. The maximum atomic E-state index is 11.3. The maximum absolute atomic E-state index is 11.3. The first-order chi connectivity index (χ1) is 10.9. The topological polar surface area (TPSA) is 73.3 Å². The third-order valence-electron chi connectivity index (χ3n) is 3.17. The van der Waals surface area contributed by atoms with Gasteiger partial charge in [0, 0.05) is 11.1 Å². The summed E-state index contributed by atoms with van der Waals surface area (Å²) < 4.78 is 1.68. The number of nitrogens with zero attached hydrogens (tertiary/aromatic N) is 3. The summed E-state index contributed by atoms with van der Waals surface area (Å²) in [5.41, 5.74) is 9.75. The normalized spacial score (nSPS) is 10.8. The van der Waals surface area contributed by atoms with E-state index in [9.17, 15) is 4.79 Å². The van der Waals surface area contributed by atoms with E-state index < -0.39 is 5.91 Å². The van der Waals surface area contributed by atoms with E-state index in [0.29, 0.717) is 16.8 Å². The molecule has 0 radical (unpaired) electrons. The van der Waals surface area contributed by atoms with Crippen molar-refractivity contribution in [2.75, 3.05) is 0 Å². The Morgan fingerprint density at radius 1 is 1.39 bits per heavy atom. The van der Waals surface area contributed by atoms with Crippen LogP contribution in [0.15, 0.2) is 53.9 Å². The molecule has 0 fully saturated rings. The van der Waals surface area contributed by atoms with Gasteiger partial charge in [-0.05, 0) is 44.4 Å². The molecule has 5 heteroatoms. The van der Waals surface area contributed by atoms with Gasteiger partial charge in [0.2, 0.25) is 5.91 Å². The van der Waals surface area contributed by atoms with Crippen molar-refractivity contribution in [2.45, 2.75) is 20.8 Å². The number of hydrogen-bond donors (Lipinski definition) is 1. The van der Waals surface area contributed by atoms with Gasteiger partial charge in [-0.1, -0.05) is 24.1 Å². The second-order valence-electron chi connectivity index (χ2n) is 5.28. The van der Waals surface area contributed by atoms with Crippen molar-refractivity contribution in [2.24, 2.45) is 5.73 Å². The fourth-order valence-electron chi connectivity index (χ4n) is 1.88.